The van der Waals surface area contributed by atoms with Gasteiger partial charge in [0, 0.05) is 12.1 Å². The molecule has 0 bridgehead atoms. The average molecular weight is 304 g/mol. The van der Waals surface area contributed by atoms with E-state index in [1.807, 2.05) is 0 Å². The Morgan fingerprint density at radius 2 is 1.67 bits per heavy atom. The third-order valence-electron chi connectivity index (χ3n) is 2.68. The van der Waals surface area contributed by atoms with Gasteiger partial charge in [0.25, 0.3) is 0 Å². The zero-order valence-corrected chi connectivity index (χ0v) is 11.7. The molecule has 0 aliphatic rings. The fourth-order valence-corrected chi connectivity index (χ4v) is 1.75. The smallest absolute Gasteiger partial charge is 0.401 e. The Bertz CT molecular complexity index is 501. The Morgan fingerprint density at radius 1 is 1.14 bits per heavy atom. The standard InChI is InChI=1S/C13H15F3N2O3/c1-19-8-4-10(20-2)12(11(5-8)21-3)9(6-17)18-7-13(14,15)16/h4-5,9,18H,7H2,1-3H3. The van der Waals surface area contributed by atoms with E-state index in [0.29, 0.717) is 5.75 Å². The summed E-state index contributed by atoms with van der Waals surface area (Å²) in [5, 5.41) is 11.2. The molecule has 21 heavy (non-hydrogen) atoms. The molecule has 1 unspecified atom stereocenters. The van der Waals surface area contributed by atoms with Gasteiger partial charge in [-0.15, -0.1) is 0 Å². The molecule has 1 aromatic carbocycles. The van der Waals surface area contributed by atoms with Crippen molar-refractivity contribution in [3.05, 3.63) is 17.7 Å². The van der Waals surface area contributed by atoms with Crippen molar-refractivity contribution >= 4 is 0 Å². The van der Waals surface area contributed by atoms with Crippen LogP contribution < -0.4 is 19.5 Å². The van der Waals surface area contributed by atoms with Crippen molar-refractivity contribution in [3.63, 3.8) is 0 Å². The van der Waals surface area contributed by atoms with E-state index in [1.54, 1.807) is 6.07 Å². The van der Waals surface area contributed by atoms with Crippen molar-refractivity contribution < 1.29 is 27.4 Å². The Labute approximate surface area is 120 Å². The number of nitriles is 1. The van der Waals surface area contributed by atoms with Crippen LogP contribution in [0, 0.1) is 11.3 Å². The van der Waals surface area contributed by atoms with Gasteiger partial charge in [-0.2, -0.15) is 18.4 Å². The first-order chi connectivity index (χ1) is 9.86. The minimum absolute atomic E-state index is 0.188. The number of methoxy groups -OCH3 is 3. The van der Waals surface area contributed by atoms with E-state index in [2.05, 4.69) is 5.32 Å². The lowest BCUT2D eigenvalue weighted by molar-refractivity contribution is -0.125. The van der Waals surface area contributed by atoms with Crippen LogP contribution in [0.15, 0.2) is 12.1 Å². The van der Waals surface area contributed by atoms with Crippen LogP contribution in [0.5, 0.6) is 17.2 Å². The van der Waals surface area contributed by atoms with Crippen LogP contribution in [0.4, 0.5) is 13.2 Å². The summed E-state index contributed by atoms with van der Waals surface area (Å²) < 4.78 is 52.2. The van der Waals surface area contributed by atoms with Crippen LogP contribution in [-0.2, 0) is 0 Å². The van der Waals surface area contributed by atoms with E-state index in [4.69, 9.17) is 19.5 Å². The Balaban J connectivity index is 3.21. The third-order valence-corrected chi connectivity index (χ3v) is 2.68. The molecule has 1 N–H and O–H groups in total. The number of rotatable bonds is 6. The summed E-state index contributed by atoms with van der Waals surface area (Å²) in [7, 11) is 4.11. The number of nitrogens with zero attached hydrogens (tertiary/aromatic N) is 1. The number of nitrogens with one attached hydrogen (secondary N) is 1. The van der Waals surface area contributed by atoms with Crippen LogP contribution in [0.2, 0.25) is 0 Å². The zero-order valence-electron chi connectivity index (χ0n) is 11.7. The summed E-state index contributed by atoms with van der Waals surface area (Å²) in [6, 6.07) is 3.47. The normalized spacial score (nSPS) is 12.4. The fourth-order valence-electron chi connectivity index (χ4n) is 1.75. The van der Waals surface area contributed by atoms with Crippen molar-refractivity contribution in [1.82, 2.24) is 5.32 Å². The van der Waals surface area contributed by atoms with Crippen molar-refractivity contribution in [2.45, 2.75) is 12.2 Å². The van der Waals surface area contributed by atoms with E-state index in [9.17, 15) is 13.2 Å². The first-order valence-electron chi connectivity index (χ1n) is 5.86. The van der Waals surface area contributed by atoms with Gasteiger partial charge in [0.05, 0.1) is 39.5 Å². The maximum absolute atomic E-state index is 12.3. The summed E-state index contributed by atoms with van der Waals surface area (Å²) in [4.78, 5) is 0. The van der Waals surface area contributed by atoms with Gasteiger partial charge in [0.1, 0.15) is 23.3 Å². The van der Waals surface area contributed by atoms with E-state index in [1.165, 1.54) is 33.5 Å². The van der Waals surface area contributed by atoms with Gasteiger partial charge in [0.15, 0.2) is 0 Å². The summed E-state index contributed by atoms with van der Waals surface area (Å²) >= 11 is 0. The maximum atomic E-state index is 12.3. The second kappa shape index (κ2) is 7.04. The predicted molar refractivity (Wildman–Crippen MR) is 68.5 cm³/mol. The largest absolute Gasteiger partial charge is 0.496 e. The monoisotopic (exact) mass is 304 g/mol. The molecule has 0 saturated heterocycles. The zero-order chi connectivity index (χ0) is 16.0. The van der Waals surface area contributed by atoms with Gasteiger partial charge in [0.2, 0.25) is 0 Å². The first-order valence-corrected chi connectivity index (χ1v) is 5.86. The molecule has 5 nitrogen and oxygen atoms in total. The highest BCUT2D eigenvalue weighted by Crippen LogP contribution is 2.38. The summed E-state index contributed by atoms with van der Waals surface area (Å²) in [5.74, 6) is 0.805. The third kappa shape index (κ3) is 4.43. The highest BCUT2D eigenvalue weighted by molar-refractivity contribution is 5.53. The van der Waals surface area contributed by atoms with Crippen molar-refractivity contribution in [1.29, 1.82) is 5.26 Å². The topological polar surface area (TPSA) is 63.5 Å². The molecule has 8 heteroatoms. The van der Waals surface area contributed by atoms with Gasteiger partial charge in [-0.1, -0.05) is 0 Å². The molecule has 0 heterocycles. The van der Waals surface area contributed by atoms with Gasteiger partial charge in [-0.25, -0.2) is 0 Å². The number of hydrogen-bond acceptors (Lipinski definition) is 5. The molecular weight excluding hydrogens is 289 g/mol. The molecule has 1 atom stereocenters. The SMILES string of the molecule is COc1cc(OC)c(C(C#N)NCC(F)(F)F)c(OC)c1. The van der Waals surface area contributed by atoms with Crippen molar-refractivity contribution in [3.8, 4) is 23.3 Å². The predicted octanol–water partition coefficient (Wildman–Crippen LogP) is 2.43. The van der Waals surface area contributed by atoms with Crippen molar-refractivity contribution in [2.24, 2.45) is 0 Å². The van der Waals surface area contributed by atoms with E-state index >= 15 is 0 Å². The molecule has 0 radical (unpaired) electrons. The molecule has 0 aliphatic heterocycles. The number of benzene rings is 1. The molecule has 0 saturated carbocycles. The number of alkyl halides is 3. The Morgan fingerprint density at radius 3 is 2.00 bits per heavy atom. The van der Waals surface area contributed by atoms with Gasteiger partial charge in [-0.3, -0.25) is 5.32 Å². The van der Waals surface area contributed by atoms with E-state index in [-0.39, 0.29) is 17.1 Å². The summed E-state index contributed by atoms with van der Waals surface area (Å²) in [6.45, 7) is -1.30. The number of ether oxygens (including phenoxy) is 3. The van der Waals surface area contributed by atoms with Gasteiger partial charge >= 0.3 is 6.18 Å². The summed E-state index contributed by atoms with van der Waals surface area (Å²) in [5.41, 5.74) is 0.188. The van der Waals surface area contributed by atoms with Crippen LogP contribution in [0.1, 0.15) is 11.6 Å². The van der Waals surface area contributed by atoms with Crippen LogP contribution in [-0.4, -0.2) is 34.1 Å². The highest BCUT2D eigenvalue weighted by atomic mass is 19.4. The molecule has 0 spiro atoms. The van der Waals surface area contributed by atoms with Gasteiger partial charge in [-0.05, 0) is 0 Å². The second-order valence-corrected chi connectivity index (χ2v) is 4.00. The lowest BCUT2D eigenvalue weighted by Crippen LogP contribution is -2.31. The van der Waals surface area contributed by atoms with Crippen LogP contribution in [0.3, 0.4) is 0 Å². The molecule has 1 aromatic rings. The highest BCUT2D eigenvalue weighted by Gasteiger charge is 2.30. The van der Waals surface area contributed by atoms with Gasteiger partial charge < -0.3 is 14.2 Å². The molecule has 0 aliphatic carbocycles. The molecular formula is C13H15F3N2O3. The second-order valence-electron chi connectivity index (χ2n) is 4.00. The Kier molecular flexibility index (Phi) is 5.67. The molecule has 0 aromatic heterocycles. The minimum Gasteiger partial charge on any atom is -0.496 e. The lowest BCUT2D eigenvalue weighted by atomic mass is 10.0. The molecule has 116 valence electrons. The molecule has 0 amide bonds. The fraction of sp³-hybridized carbons (Fsp3) is 0.462. The van der Waals surface area contributed by atoms with E-state index < -0.39 is 18.8 Å². The number of halogens is 3. The van der Waals surface area contributed by atoms with E-state index in [0.717, 1.165) is 0 Å². The lowest BCUT2D eigenvalue weighted by Gasteiger charge is -2.20. The first kappa shape index (κ1) is 16.9. The maximum Gasteiger partial charge on any atom is 0.401 e. The quantitative estimate of drug-likeness (QED) is 0.874. The molecule has 0 fully saturated rings. The average Bonchev–Trinajstić information content (AvgIpc) is 2.46. The summed E-state index contributed by atoms with van der Waals surface area (Å²) in [6.07, 6.45) is -4.43. The van der Waals surface area contributed by atoms with Crippen LogP contribution in [0.25, 0.3) is 0 Å². The Hall–Kier alpha value is -2.14. The van der Waals surface area contributed by atoms with Crippen molar-refractivity contribution in [2.75, 3.05) is 27.9 Å². The minimum atomic E-state index is -4.43. The number of hydrogen-bond donors (Lipinski definition) is 1. The van der Waals surface area contributed by atoms with Crippen LogP contribution >= 0.6 is 0 Å². The molecule has 1 rings (SSSR count).